The maximum atomic E-state index is 12.3. The fraction of sp³-hybridized carbons (Fsp3) is 0.235. The van der Waals surface area contributed by atoms with Gasteiger partial charge in [0.25, 0.3) is 5.69 Å². The highest BCUT2D eigenvalue weighted by molar-refractivity contribution is 9.10. The molecular formula is C17H16BrNO6. The number of benzene rings is 2. The van der Waals surface area contributed by atoms with E-state index in [0.717, 1.165) is 0 Å². The van der Waals surface area contributed by atoms with Crippen LogP contribution in [-0.2, 0) is 11.3 Å². The van der Waals surface area contributed by atoms with Crippen LogP contribution in [0.1, 0.15) is 22.8 Å². The zero-order chi connectivity index (χ0) is 18.4. The zero-order valence-corrected chi connectivity index (χ0v) is 15.2. The largest absolute Gasteiger partial charge is 0.492 e. The van der Waals surface area contributed by atoms with Crippen molar-refractivity contribution in [2.45, 2.75) is 13.5 Å². The van der Waals surface area contributed by atoms with Crippen LogP contribution in [0.15, 0.2) is 40.9 Å². The Morgan fingerprint density at radius 2 is 1.92 bits per heavy atom. The lowest BCUT2D eigenvalue weighted by Crippen LogP contribution is -2.07. The number of methoxy groups -OCH3 is 1. The summed E-state index contributed by atoms with van der Waals surface area (Å²) in [6, 6.07) is 8.94. The Hall–Kier alpha value is -2.61. The molecule has 0 amide bonds. The van der Waals surface area contributed by atoms with Crippen molar-refractivity contribution >= 4 is 27.6 Å². The Balaban J connectivity index is 2.11. The minimum absolute atomic E-state index is 0.00441. The summed E-state index contributed by atoms with van der Waals surface area (Å²) in [5, 5.41) is 10.6. The highest BCUT2D eigenvalue weighted by Gasteiger charge is 2.16. The molecule has 0 saturated heterocycles. The SMILES string of the molecule is CCOc1cc(C(=O)OCc2ccc([N+](=O)[O-])cc2)cc(Br)c1OC. The van der Waals surface area contributed by atoms with Crippen LogP contribution in [0.25, 0.3) is 0 Å². The summed E-state index contributed by atoms with van der Waals surface area (Å²) in [6.07, 6.45) is 0. The van der Waals surface area contributed by atoms with Crippen molar-refractivity contribution in [3.8, 4) is 11.5 Å². The third-order valence-electron chi connectivity index (χ3n) is 3.27. The highest BCUT2D eigenvalue weighted by atomic mass is 79.9. The fourth-order valence-corrected chi connectivity index (χ4v) is 2.70. The minimum Gasteiger partial charge on any atom is -0.492 e. The summed E-state index contributed by atoms with van der Waals surface area (Å²) in [6.45, 7) is 2.25. The second-order valence-electron chi connectivity index (χ2n) is 4.92. The predicted octanol–water partition coefficient (Wildman–Crippen LogP) is 4.12. The van der Waals surface area contributed by atoms with Gasteiger partial charge in [0, 0.05) is 12.1 Å². The standard InChI is InChI=1S/C17H16BrNO6/c1-3-24-15-9-12(8-14(18)16(15)23-2)17(20)25-10-11-4-6-13(7-5-11)19(21)22/h4-9H,3,10H2,1-2H3. The molecule has 0 fully saturated rings. The molecule has 0 atom stereocenters. The van der Waals surface area contributed by atoms with E-state index in [-0.39, 0.29) is 12.3 Å². The molecule has 132 valence electrons. The van der Waals surface area contributed by atoms with Crippen LogP contribution >= 0.6 is 15.9 Å². The predicted molar refractivity (Wildman–Crippen MR) is 94.1 cm³/mol. The van der Waals surface area contributed by atoms with Crippen LogP contribution in [0.2, 0.25) is 0 Å². The summed E-state index contributed by atoms with van der Waals surface area (Å²) in [5.74, 6) is 0.387. The molecule has 0 aliphatic carbocycles. The van der Waals surface area contributed by atoms with Gasteiger partial charge in [-0.15, -0.1) is 0 Å². The average Bonchev–Trinajstić information content (AvgIpc) is 2.60. The van der Waals surface area contributed by atoms with Crippen molar-refractivity contribution in [3.05, 3.63) is 62.1 Å². The van der Waals surface area contributed by atoms with Crippen LogP contribution in [-0.4, -0.2) is 24.6 Å². The molecule has 0 aromatic heterocycles. The fourth-order valence-electron chi connectivity index (χ4n) is 2.09. The summed E-state index contributed by atoms with van der Waals surface area (Å²) in [7, 11) is 1.51. The molecule has 0 aliphatic rings. The smallest absolute Gasteiger partial charge is 0.338 e. The van der Waals surface area contributed by atoms with Gasteiger partial charge in [0.05, 0.1) is 28.7 Å². The maximum Gasteiger partial charge on any atom is 0.338 e. The number of nitrogens with zero attached hydrogens (tertiary/aromatic N) is 1. The number of halogens is 1. The van der Waals surface area contributed by atoms with Crippen LogP contribution < -0.4 is 9.47 Å². The molecule has 0 N–H and O–H groups in total. The average molecular weight is 410 g/mol. The topological polar surface area (TPSA) is 87.9 Å². The summed E-state index contributed by atoms with van der Waals surface area (Å²) >= 11 is 3.34. The molecule has 7 nitrogen and oxygen atoms in total. The number of nitro benzene ring substituents is 1. The van der Waals surface area contributed by atoms with E-state index in [9.17, 15) is 14.9 Å². The lowest BCUT2D eigenvalue weighted by Gasteiger charge is -2.13. The van der Waals surface area contributed by atoms with E-state index in [1.54, 1.807) is 24.3 Å². The number of rotatable bonds is 7. The maximum absolute atomic E-state index is 12.3. The monoisotopic (exact) mass is 409 g/mol. The third-order valence-corrected chi connectivity index (χ3v) is 3.86. The number of ether oxygens (including phenoxy) is 3. The zero-order valence-electron chi connectivity index (χ0n) is 13.7. The van der Waals surface area contributed by atoms with Crippen LogP contribution in [0.4, 0.5) is 5.69 Å². The number of hydrogen-bond acceptors (Lipinski definition) is 6. The number of hydrogen-bond donors (Lipinski definition) is 0. The van der Waals surface area contributed by atoms with Crippen molar-refractivity contribution in [2.24, 2.45) is 0 Å². The van der Waals surface area contributed by atoms with Crippen molar-refractivity contribution in [1.29, 1.82) is 0 Å². The van der Waals surface area contributed by atoms with Crippen molar-refractivity contribution < 1.29 is 23.9 Å². The first kappa shape index (κ1) is 18.7. The number of carbonyl (C=O) groups excluding carboxylic acids is 1. The molecule has 2 aromatic rings. The van der Waals surface area contributed by atoms with Crippen LogP contribution in [0.3, 0.4) is 0 Å². The van der Waals surface area contributed by atoms with Gasteiger partial charge in [0.15, 0.2) is 11.5 Å². The van der Waals surface area contributed by atoms with Crippen LogP contribution in [0.5, 0.6) is 11.5 Å². The normalized spacial score (nSPS) is 10.2. The molecule has 8 heteroatoms. The molecule has 0 unspecified atom stereocenters. The third kappa shape index (κ3) is 4.69. The second kappa shape index (κ2) is 8.48. The summed E-state index contributed by atoms with van der Waals surface area (Å²) in [5.41, 5.74) is 0.935. The molecule has 2 rings (SSSR count). The van der Waals surface area contributed by atoms with Gasteiger partial charge in [-0.1, -0.05) is 0 Å². The van der Waals surface area contributed by atoms with Crippen molar-refractivity contribution in [3.63, 3.8) is 0 Å². The quantitative estimate of drug-likeness (QED) is 0.388. The lowest BCUT2D eigenvalue weighted by atomic mass is 10.2. The van der Waals surface area contributed by atoms with Gasteiger partial charge < -0.3 is 14.2 Å². The number of non-ortho nitro benzene ring substituents is 1. The van der Waals surface area contributed by atoms with Crippen molar-refractivity contribution in [1.82, 2.24) is 0 Å². The molecule has 0 heterocycles. The molecule has 0 saturated carbocycles. The van der Waals surface area contributed by atoms with E-state index in [1.807, 2.05) is 6.92 Å². The molecule has 0 radical (unpaired) electrons. The molecular weight excluding hydrogens is 394 g/mol. The lowest BCUT2D eigenvalue weighted by molar-refractivity contribution is -0.384. The van der Waals surface area contributed by atoms with Gasteiger partial charge >= 0.3 is 5.97 Å². The minimum atomic E-state index is -0.539. The van der Waals surface area contributed by atoms with Gasteiger partial charge in [-0.3, -0.25) is 10.1 Å². The highest BCUT2D eigenvalue weighted by Crippen LogP contribution is 2.36. The molecule has 2 aromatic carbocycles. The molecule has 25 heavy (non-hydrogen) atoms. The first-order valence-corrected chi connectivity index (χ1v) is 8.16. The van der Waals surface area contributed by atoms with Gasteiger partial charge in [0.2, 0.25) is 0 Å². The van der Waals surface area contributed by atoms with Gasteiger partial charge in [-0.25, -0.2) is 4.79 Å². The molecule has 0 aliphatic heterocycles. The Morgan fingerprint density at radius 1 is 1.24 bits per heavy atom. The van der Waals surface area contributed by atoms with Crippen molar-refractivity contribution in [2.75, 3.05) is 13.7 Å². The molecule has 0 spiro atoms. The van der Waals surface area contributed by atoms with Gasteiger partial charge in [-0.2, -0.15) is 0 Å². The Bertz CT molecular complexity index is 775. The summed E-state index contributed by atoms with van der Waals surface area (Å²) < 4.78 is 16.5. The number of esters is 1. The second-order valence-corrected chi connectivity index (χ2v) is 5.78. The van der Waals surface area contributed by atoms with E-state index < -0.39 is 10.9 Å². The van der Waals surface area contributed by atoms with E-state index >= 15 is 0 Å². The molecule has 0 bridgehead atoms. The summed E-state index contributed by atoms with van der Waals surface area (Å²) in [4.78, 5) is 22.4. The first-order valence-electron chi connectivity index (χ1n) is 7.37. The van der Waals surface area contributed by atoms with Crippen LogP contribution in [0, 0.1) is 10.1 Å². The van der Waals surface area contributed by atoms with E-state index in [1.165, 1.54) is 19.2 Å². The van der Waals surface area contributed by atoms with E-state index in [0.29, 0.717) is 33.7 Å². The Labute approximate surface area is 152 Å². The number of carbonyl (C=O) groups is 1. The Kier molecular flexibility index (Phi) is 6.35. The number of nitro groups is 1. The van der Waals surface area contributed by atoms with Gasteiger partial charge in [-0.05, 0) is 52.7 Å². The Morgan fingerprint density at radius 3 is 2.48 bits per heavy atom. The van der Waals surface area contributed by atoms with E-state index in [4.69, 9.17) is 14.2 Å². The van der Waals surface area contributed by atoms with Gasteiger partial charge in [0.1, 0.15) is 6.61 Å². The van der Waals surface area contributed by atoms with E-state index in [2.05, 4.69) is 15.9 Å². The first-order chi connectivity index (χ1) is 12.0.